The first kappa shape index (κ1) is 22.7. The molecule has 6 nitrogen and oxygen atoms in total. The number of hydrogen-bond donors (Lipinski definition) is 1. The lowest BCUT2D eigenvalue weighted by atomic mass is 10.1. The highest BCUT2D eigenvalue weighted by Crippen LogP contribution is 2.11. The Morgan fingerprint density at radius 3 is 2.34 bits per heavy atom. The smallest absolute Gasteiger partial charge is 0.364 e. The number of carbonyl (C=O) groups excluding carboxylic acids is 2. The molecule has 2 atom stereocenters. The number of furan rings is 1. The summed E-state index contributed by atoms with van der Waals surface area (Å²) in [6, 6.07) is 13.6. The molecule has 1 N–H and O–H groups in total. The zero-order valence-corrected chi connectivity index (χ0v) is 18.1. The van der Waals surface area contributed by atoms with Gasteiger partial charge in [-0.25, -0.2) is 4.79 Å². The number of methoxy groups -OCH3 is 1. The molecule has 0 bridgehead atoms. The zero-order chi connectivity index (χ0) is 21.4. The number of aryl methyl sites for hydroxylation is 1. The Morgan fingerprint density at radius 2 is 1.79 bits per heavy atom. The summed E-state index contributed by atoms with van der Waals surface area (Å²) < 4.78 is 10.6. The second-order valence-electron chi connectivity index (χ2n) is 7.71. The van der Waals surface area contributed by atoms with Crippen molar-refractivity contribution in [1.82, 2.24) is 4.90 Å². The zero-order valence-electron chi connectivity index (χ0n) is 18.1. The Kier molecular flexibility index (Phi) is 8.46. The first-order valence-corrected chi connectivity index (χ1v) is 10.1. The SMILES string of the molecule is COC(=O)[C@@H](C)[NH+](CC(=O)N(CCc1ccccc1)Cc1ccc(C)o1)C(C)C. The van der Waals surface area contributed by atoms with E-state index in [-0.39, 0.29) is 24.5 Å². The van der Waals surface area contributed by atoms with E-state index in [2.05, 4.69) is 12.1 Å². The average molecular weight is 402 g/mol. The molecule has 0 saturated carbocycles. The monoisotopic (exact) mass is 401 g/mol. The normalized spacial score (nSPS) is 13.2. The topological polar surface area (TPSA) is 64.2 Å². The van der Waals surface area contributed by atoms with Crippen LogP contribution in [0.2, 0.25) is 0 Å². The van der Waals surface area contributed by atoms with Crippen LogP contribution in [-0.4, -0.2) is 49.1 Å². The Hall–Kier alpha value is -2.60. The van der Waals surface area contributed by atoms with Gasteiger partial charge >= 0.3 is 5.97 Å². The summed E-state index contributed by atoms with van der Waals surface area (Å²) in [7, 11) is 1.38. The van der Waals surface area contributed by atoms with Crippen LogP contribution < -0.4 is 4.90 Å². The number of ether oxygens (including phenoxy) is 1. The number of hydrogen-bond acceptors (Lipinski definition) is 4. The van der Waals surface area contributed by atoms with Crippen molar-refractivity contribution in [2.45, 2.75) is 52.7 Å². The van der Waals surface area contributed by atoms with Gasteiger partial charge in [-0.2, -0.15) is 0 Å². The van der Waals surface area contributed by atoms with Crippen LogP contribution in [0.5, 0.6) is 0 Å². The van der Waals surface area contributed by atoms with E-state index in [1.54, 1.807) is 6.92 Å². The van der Waals surface area contributed by atoms with Crippen LogP contribution in [0.4, 0.5) is 0 Å². The fourth-order valence-corrected chi connectivity index (χ4v) is 3.43. The van der Waals surface area contributed by atoms with Crippen LogP contribution in [0.25, 0.3) is 0 Å². The van der Waals surface area contributed by atoms with Crippen LogP contribution in [0.3, 0.4) is 0 Å². The maximum absolute atomic E-state index is 13.2. The Balaban J connectivity index is 2.13. The van der Waals surface area contributed by atoms with Crippen molar-refractivity contribution in [2.75, 3.05) is 20.2 Å². The van der Waals surface area contributed by atoms with E-state index in [0.29, 0.717) is 13.1 Å². The summed E-state index contributed by atoms with van der Waals surface area (Å²) in [6.45, 7) is 8.93. The molecular formula is C23H33N2O4+. The number of nitrogens with one attached hydrogen (secondary N) is 1. The van der Waals surface area contributed by atoms with Crippen LogP contribution in [0.1, 0.15) is 37.9 Å². The summed E-state index contributed by atoms with van der Waals surface area (Å²) >= 11 is 0. The second-order valence-corrected chi connectivity index (χ2v) is 7.71. The third-order valence-corrected chi connectivity index (χ3v) is 5.22. The lowest BCUT2D eigenvalue weighted by Gasteiger charge is -2.30. The molecule has 158 valence electrons. The number of esters is 1. The van der Waals surface area contributed by atoms with Gasteiger partial charge in [-0.05, 0) is 51.8 Å². The van der Waals surface area contributed by atoms with Gasteiger partial charge in [0, 0.05) is 6.54 Å². The molecule has 1 heterocycles. The molecule has 1 aromatic carbocycles. The van der Waals surface area contributed by atoms with E-state index < -0.39 is 6.04 Å². The molecule has 0 saturated heterocycles. The predicted molar refractivity (Wildman–Crippen MR) is 111 cm³/mol. The largest absolute Gasteiger partial charge is 0.465 e. The van der Waals surface area contributed by atoms with E-state index in [1.807, 2.05) is 56.0 Å². The maximum Gasteiger partial charge on any atom is 0.364 e. The minimum atomic E-state index is -0.411. The van der Waals surface area contributed by atoms with Crippen LogP contribution in [-0.2, 0) is 27.3 Å². The Bertz CT molecular complexity index is 785. The van der Waals surface area contributed by atoms with E-state index in [0.717, 1.165) is 22.8 Å². The summed E-state index contributed by atoms with van der Waals surface area (Å²) in [4.78, 5) is 28.0. The Morgan fingerprint density at radius 1 is 1.10 bits per heavy atom. The van der Waals surface area contributed by atoms with Crippen molar-refractivity contribution in [3.8, 4) is 0 Å². The molecular weight excluding hydrogens is 368 g/mol. The fraction of sp³-hybridized carbons (Fsp3) is 0.478. The van der Waals surface area contributed by atoms with E-state index in [4.69, 9.17) is 9.15 Å². The number of benzene rings is 1. The predicted octanol–water partition coefficient (Wildman–Crippen LogP) is 2.01. The highest BCUT2D eigenvalue weighted by molar-refractivity contribution is 5.78. The quantitative estimate of drug-likeness (QED) is 0.619. The van der Waals surface area contributed by atoms with Gasteiger partial charge < -0.3 is 19.0 Å². The van der Waals surface area contributed by atoms with Crippen LogP contribution >= 0.6 is 0 Å². The summed E-state index contributed by atoms with van der Waals surface area (Å²) in [6.07, 6.45) is 0.760. The number of nitrogens with zero attached hydrogens (tertiary/aromatic N) is 1. The maximum atomic E-state index is 13.2. The number of carbonyl (C=O) groups is 2. The van der Waals surface area contributed by atoms with Gasteiger partial charge in [-0.1, -0.05) is 30.3 Å². The molecule has 2 rings (SSSR count). The van der Waals surface area contributed by atoms with E-state index >= 15 is 0 Å². The summed E-state index contributed by atoms with van der Waals surface area (Å²) in [5.41, 5.74) is 1.18. The molecule has 1 aromatic heterocycles. The van der Waals surface area contributed by atoms with Crippen molar-refractivity contribution in [3.05, 3.63) is 59.5 Å². The van der Waals surface area contributed by atoms with Crippen molar-refractivity contribution >= 4 is 11.9 Å². The first-order valence-electron chi connectivity index (χ1n) is 10.1. The Labute approximate surface area is 173 Å². The molecule has 0 spiro atoms. The molecule has 1 unspecified atom stereocenters. The van der Waals surface area contributed by atoms with Crippen molar-refractivity contribution in [3.63, 3.8) is 0 Å². The highest BCUT2D eigenvalue weighted by atomic mass is 16.5. The van der Waals surface area contributed by atoms with Gasteiger partial charge in [-0.15, -0.1) is 0 Å². The molecule has 29 heavy (non-hydrogen) atoms. The van der Waals surface area contributed by atoms with E-state index in [1.165, 1.54) is 12.7 Å². The van der Waals surface area contributed by atoms with Crippen molar-refractivity contribution in [2.24, 2.45) is 0 Å². The number of rotatable bonds is 10. The summed E-state index contributed by atoms with van der Waals surface area (Å²) in [5, 5.41) is 0. The van der Waals surface area contributed by atoms with Gasteiger partial charge in [0.15, 0.2) is 12.6 Å². The van der Waals surface area contributed by atoms with E-state index in [9.17, 15) is 9.59 Å². The van der Waals surface area contributed by atoms with Crippen molar-refractivity contribution < 1.29 is 23.6 Å². The van der Waals surface area contributed by atoms with Gasteiger partial charge in [0.25, 0.3) is 5.91 Å². The minimum Gasteiger partial charge on any atom is -0.465 e. The molecule has 0 aliphatic rings. The molecule has 6 heteroatoms. The lowest BCUT2D eigenvalue weighted by Crippen LogP contribution is -3.20. The molecule has 0 aliphatic heterocycles. The second kappa shape index (κ2) is 10.8. The lowest BCUT2D eigenvalue weighted by molar-refractivity contribution is -0.928. The fourth-order valence-electron chi connectivity index (χ4n) is 3.43. The van der Waals surface area contributed by atoms with Crippen molar-refractivity contribution in [1.29, 1.82) is 0 Å². The molecule has 0 radical (unpaired) electrons. The minimum absolute atomic E-state index is 0.00515. The average Bonchev–Trinajstić information content (AvgIpc) is 3.13. The standard InChI is InChI=1S/C23H32N2O4/c1-17(2)25(19(4)23(27)28-5)16-22(26)24(15-21-12-11-18(3)29-21)14-13-20-9-7-6-8-10-20/h6-12,17,19H,13-16H2,1-5H3/p+1/t19-/m1/s1. The molecule has 1 amide bonds. The van der Waals surface area contributed by atoms with Crippen LogP contribution in [0.15, 0.2) is 46.9 Å². The third kappa shape index (κ3) is 6.75. The van der Waals surface area contributed by atoms with Gasteiger partial charge in [0.2, 0.25) is 0 Å². The van der Waals surface area contributed by atoms with Crippen LogP contribution in [0, 0.1) is 6.92 Å². The highest BCUT2D eigenvalue weighted by Gasteiger charge is 2.32. The first-order chi connectivity index (χ1) is 13.8. The number of quaternary nitrogens is 1. The van der Waals surface area contributed by atoms with Gasteiger partial charge in [0.1, 0.15) is 11.5 Å². The third-order valence-electron chi connectivity index (χ3n) is 5.22. The molecule has 2 aromatic rings. The molecule has 0 fully saturated rings. The van der Waals surface area contributed by atoms with Gasteiger partial charge in [0.05, 0.1) is 19.7 Å². The van der Waals surface area contributed by atoms with Gasteiger partial charge in [-0.3, -0.25) is 4.79 Å². The molecule has 0 aliphatic carbocycles. The number of amides is 1. The summed E-state index contributed by atoms with van der Waals surface area (Å²) in [5.74, 6) is 1.27.